The smallest absolute Gasteiger partial charge is 0.118 e. The molecule has 0 bridgehead atoms. The highest BCUT2D eigenvalue weighted by molar-refractivity contribution is 5.33. The van der Waals surface area contributed by atoms with Crippen molar-refractivity contribution < 1.29 is 14.2 Å². The van der Waals surface area contributed by atoms with Crippen molar-refractivity contribution in [3.8, 4) is 5.75 Å². The number of ether oxygens (including phenoxy) is 3. The van der Waals surface area contributed by atoms with E-state index in [1.54, 1.807) is 21.3 Å². The molecule has 1 aromatic carbocycles. The van der Waals surface area contributed by atoms with Crippen molar-refractivity contribution in [2.45, 2.75) is 25.7 Å². The second-order valence-electron chi connectivity index (χ2n) is 7.30. The Balaban J connectivity index is 1.85. The van der Waals surface area contributed by atoms with Gasteiger partial charge in [0.15, 0.2) is 0 Å². The molecule has 0 aliphatic heterocycles. The second kappa shape index (κ2) is 8.98. The van der Waals surface area contributed by atoms with E-state index in [1.165, 1.54) is 5.56 Å². The van der Waals surface area contributed by atoms with E-state index >= 15 is 0 Å². The SMILES string of the molecule is COC1=CCC(C(C)C(c2ccc(OC)cc2)C2C=CC(OC)=CC2)C=C1. The minimum Gasteiger partial charge on any atom is -0.497 e. The van der Waals surface area contributed by atoms with Crippen LogP contribution in [-0.4, -0.2) is 21.3 Å². The molecular weight excluding hydrogens is 336 g/mol. The second-order valence-corrected chi connectivity index (χ2v) is 7.30. The summed E-state index contributed by atoms with van der Waals surface area (Å²) in [5.74, 6) is 4.69. The lowest BCUT2D eigenvalue weighted by atomic mass is 9.69. The summed E-state index contributed by atoms with van der Waals surface area (Å²) in [7, 11) is 5.17. The number of allylic oxidation sites excluding steroid dienone is 6. The molecule has 0 saturated carbocycles. The van der Waals surface area contributed by atoms with Gasteiger partial charge in [-0.1, -0.05) is 31.2 Å². The molecule has 27 heavy (non-hydrogen) atoms. The van der Waals surface area contributed by atoms with E-state index in [2.05, 4.69) is 67.6 Å². The molecule has 144 valence electrons. The highest BCUT2D eigenvalue weighted by atomic mass is 16.5. The Labute approximate surface area is 163 Å². The third-order valence-electron chi connectivity index (χ3n) is 5.87. The van der Waals surface area contributed by atoms with Crippen LogP contribution in [0.25, 0.3) is 0 Å². The van der Waals surface area contributed by atoms with E-state index in [1.807, 2.05) is 0 Å². The monoisotopic (exact) mass is 366 g/mol. The summed E-state index contributed by atoms with van der Waals surface area (Å²) in [6, 6.07) is 8.56. The van der Waals surface area contributed by atoms with E-state index in [9.17, 15) is 0 Å². The largest absolute Gasteiger partial charge is 0.497 e. The van der Waals surface area contributed by atoms with Gasteiger partial charge in [-0.3, -0.25) is 0 Å². The molecule has 0 fully saturated rings. The van der Waals surface area contributed by atoms with Gasteiger partial charge in [-0.25, -0.2) is 0 Å². The normalized spacial score (nSPS) is 23.9. The van der Waals surface area contributed by atoms with Crippen molar-refractivity contribution in [1.29, 1.82) is 0 Å². The number of hydrogen-bond donors (Lipinski definition) is 0. The van der Waals surface area contributed by atoms with Crippen LogP contribution in [0.3, 0.4) is 0 Å². The first-order valence-electron chi connectivity index (χ1n) is 9.65. The summed E-state index contributed by atoms with van der Waals surface area (Å²) >= 11 is 0. The fraction of sp³-hybridized carbons (Fsp3) is 0.417. The summed E-state index contributed by atoms with van der Waals surface area (Å²) in [4.78, 5) is 0. The van der Waals surface area contributed by atoms with Crippen LogP contribution in [0.2, 0.25) is 0 Å². The van der Waals surface area contributed by atoms with E-state index in [4.69, 9.17) is 14.2 Å². The molecule has 4 atom stereocenters. The Morgan fingerprint density at radius 2 is 1.33 bits per heavy atom. The van der Waals surface area contributed by atoms with Gasteiger partial charge in [0.05, 0.1) is 21.3 Å². The number of rotatable bonds is 7. The van der Waals surface area contributed by atoms with Crippen LogP contribution in [-0.2, 0) is 9.47 Å². The maximum absolute atomic E-state index is 5.38. The van der Waals surface area contributed by atoms with Crippen LogP contribution < -0.4 is 4.74 Å². The lowest BCUT2D eigenvalue weighted by Gasteiger charge is -2.36. The lowest BCUT2D eigenvalue weighted by molar-refractivity contribution is 0.271. The van der Waals surface area contributed by atoms with Gasteiger partial charge in [0.2, 0.25) is 0 Å². The number of benzene rings is 1. The van der Waals surface area contributed by atoms with E-state index in [0.717, 1.165) is 30.1 Å². The first-order valence-corrected chi connectivity index (χ1v) is 9.65. The molecule has 0 N–H and O–H groups in total. The lowest BCUT2D eigenvalue weighted by Crippen LogP contribution is -2.25. The molecule has 0 radical (unpaired) electrons. The van der Waals surface area contributed by atoms with Crippen LogP contribution in [0.4, 0.5) is 0 Å². The first kappa shape index (κ1) is 19.3. The Kier molecular flexibility index (Phi) is 6.44. The zero-order chi connectivity index (χ0) is 19.2. The molecule has 2 aliphatic rings. The van der Waals surface area contributed by atoms with Gasteiger partial charge in [-0.2, -0.15) is 0 Å². The zero-order valence-electron chi connectivity index (χ0n) is 16.7. The Bertz CT molecular complexity index is 739. The molecule has 0 spiro atoms. The molecule has 2 aliphatic carbocycles. The quantitative estimate of drug-likeness (QED) is 0.626. The molecule has 0 aromatic heterocycles. The van der Waals surface area contributed by atoms with Crippen LogP contribution >= 0.6 is 0 Å². The topological polar surface area (TPSA) is 27.7 Å². The summed E-state index contributed by atoms with van der Waals surface area (Å²) in [5.41, 5.74) is 1.36. The van der Waals surface area contributed by atoms with E-state index < -0.39 is 0 Å². The van der Waals surface area contributed by atoms with Gasteiger partial charge < -0.3 is 14.2 Å². The number of methoxy groups -OCH3 is 3. The van der Waals surface area contributed by atoms with Crippen molar-refractivity contribution in [2.24, 2.45) is 17.8 Å². The van der Waals surface area contributed by atoms with Gasteiger partial charge in [0.25, 0.3) is 0 Å². The minimum atomic E-state index is 0.425. The maximum atomic E-state index is 5.38. The first-order chi connectivity index (χ1) is 13.2. The van der Waals surface area contributed by atoms with Crippen molar-refractivity contribution in [3.05, 3.63) is 77.8 Å². The Morgan fingerprint density at radius 3 is 1.78 bits per heavy atom. The fourth-order valence-corrected chi connectivity index (χ4v) is 4.23. The standard InChI is InChI=1S/C24H30O3/c1-17(18-5-11-21(25-2)12-6-18)24(19-7-13-22(26-3)14-8-19)20-9-15-23(27-4)16-10-20/h5,7-9,11-18,20,24H,6,10H2,1-4H3. The van der Waals surface area contributed by atoms with E-state index in [-0.39, 0.29) is 0 Å². The highest BCUT2D eigenvalue weighted by Crippen LogP contribution is 2.43. The number of hydrogen-bond acceptors (Lipinski definition) is 3. The molecule has 3 nitrogen and oxygen atoms in total. The summed E-state index contributed by atoms with van der Waals surface area (Å²) in [6.45, 7) is 2.37. The molecule has 1 aromatic rings. The predicted molar refractivity (Wildman–Crippen MR) is 110 cm³/mol. The average Bonchev–Trinajstić information content (AvgIpc) is 2.75. The average molecular weight is 367 g/mol. The van der Waals surface area contributed by atoms with Crippen molar-refractivity contribution in [3.63, 3.8) is 0 Å². The molecule has 3 rings (SSSR count). The van der Waals surface area contributed by atoms with E-state index in [0.29, 0.717) is 23.7 Å². The Hall–Kier alpha value is -2.42. The predicted octanol–water partition coefficient (Wildman–Crippen LogP) is 5.63. The molecule has 3 heteroatoms. The third-order valence-corrected chi connectivity index (χ3v) is 5.87. The molecule has 0 heterocycles. The molecule has 0 saturated heterocycles. The molecular formula is C24H30O3. The summed E-state index contributed by atoms with van der Waals surface area (Å²) in [5, 5.41) is 0. The van der Waals surface area contributed by atoms with Crippen LogP contribution in [0, 0.1) is 17.8 Å². The van der Waals surface area contributed by atoms with Crippen LogP contribution in [0.1, 0.15) is 31.2 Å². The van der Waals surface area contributed by atoms with Gasteiger partial charge >= 0.3 is 0 Å². The minimum absolute atomic E-state index is 0.425. The fourth-order valence-electron chi connectivity index (χ4n) is 4.23. The van der Waals surface area contributed by atoms with Crippen LogP contribution in [0.5, 0.6) is 5.75 Å². The van der Waals surface area contributed by atoms with Crippen molar-refractivity contribution in [1.82, 2.24) is 0 Å². The van der Waals surface area contributed by atoms with Gasteiger partial charge in [0.1, 0.15) is 17.3 Å². The van der Waals surface area contributed by atoms with Gasteiger partial charge in [0, 0.05) is 0 Å². The summed E-state index contributed by atoms with van der Waals surface area (Å²) in [6.07, 6.45) is 15.3. The van der Waals surface area contributed by atoms with Crippen molar-refractivity contribution in [2.75, 3.05) is 21.3 Å². The summed E-state index contributed by atoms with van der Waals surface area (Å²) < 4.78 is 16.1. The highest BCUT2D eigenvalue weighted by Gasteiger charge is 2.32. The van der Waals surface area contributed by atoms with Gasteiger partial charge in [-0.05, 0) is 78.5 Å². The van der Waals surface area contributed by atoms with Crippen LogP contribution in [0.15, 0.2) is 72.2 Å². The maximum Gasteiger partial charge on any atom is 0.118 e. The molecule has 4 unspecified atom stereocenters. The Morgan fingerprint density at radius 1 is 0.778 bits per heavy atom. The van der Waals surface area contributed by atoms with Gasteiger partial charge in [-0.15, -0.1) is 0 Å². The third kappa shape index (κ3) is 4.47. The molecule has 0 amide bonds. The van der Waals surface area contributed by atoms with Crippen molar-refractivity contribution >= 4 is 0 Å². The zero-order valence-corrected chi connectivity index (χ0v) is 16.7.